The SMILES string of the molecule is c1ccc(-c2ccc3c(c2)c2cc(-c4ccccc4)ccc2c2nc(-c4ccc(-n5c6ccccc6c6ccccc65)cc4)cnc32)cc1. The first-order valence-corrected chi connectivity index (χ1v) is 16.7. The van der Waals surface area contributed by atoms with Gasteiger partial charge in [-0.05, 0) is 69.4 Å². The van der Waals surface area contributed by atoms with Gasteiger partial charge in [-0.25, -0.2) is 4.98 Å². The van der Waals surface area contributed by atoms with E-state index in [4.69, 9.17) is 9.97 Å². The molecule has 8 aromatic carbocycles. The third kappa shape index (κ3) is 4.44. The van der Waals surface area contributed by atoms with Crippen molar-refractivity contribution in [3.8, 4) is 39.2 Å². The molecule has 0 radical (unpaired) electrons. The average Bonchev–Trinajstić information content (AvgIpc) is 3.52. The lowest BCUT2D eigenvalue weighted by Gasteiger charge is -2.14. The van der Waals surface area contributed by atoms with Crippen molar-refractivity contribution in [1.29, 1.82) is 0 Å². The van der Waals surface area contributed by atoms with Crippen LogP contribution in [0.4, 0.5) is 0 Å². The van der Waals surface area contributed by atoms with Gasteiger partial charge in [0.1, 0.15) is 0 Å². The molecule has 0 unspecified atom stereocenters. The molecule has 0 aliphatic heterocycles. The molecule has 0 aliphatic carbocycles. The molecule has 0 spiro atoms. The quantitative estimate of drug-likeness (QED) is 0.183. The van der Waals surface area contributed by atoms with Crippen molar-refractivity contribution in [3.05, 3.63) is 176 Å². The van der Waals surface area contributed by atoms with Crippen LogP contribution in [-0.4, -0.2) is 14.5 Å². The van der Waals surface area contributed by atoms with Gasteiger partial charge in [0.15, 0.2) is 0 Å². The fraction of sp³-hybridized carbons (Fsp3) is 0. The van der Waals surface area contributed by atoms with Crippen LogP contribution in [0.2, 0.25) is 0 Å². The number of nitrogens with zero attached hydrogens (tertiary/aromatic N) is 3. The first kappa shape index (κ1) is 27.5. The van der Waals surface area contributed by atoms with E-state index >= 15 is 0 Å². The fourth-order valence-corrected chi connectivity index (χ4v) is 7.46. The number of aromatic nitrogens is 3. The maximum atomic E-state index is 5.33. The molecule has 49 heavy (non-hydrogen) atoms. The highest BCUT2D eigenvalue weighted by Crippen LogP contribution is 2.39. The molecule has 0 amide bonds. The fourth-order valence-electron chi connectivity index (χ4n) is 7.46. The van der Waals surface area contributed by atoms with Gasteiger partial charge < -0.3 is 4.57 Å². The van der Waals surface area contributed by atoms with Crippen molar-refractivity contribution in [1.82, 2.24) is 14.5 Å². The molecule has 10 aromatic rings. The van der Waals surface area contributed by atoms with Crippen LogP contribution < -0.4 is 0 Å². The Morgan fingerprint density at radius 2 is 0.837 bits per heavy atom. The molecule has 10 rings (SSSR count). The number of benzene rings is 8. The monoisotopic (exact) mass is 623 g/mol. The summed E-state index contributed by atoms with van der Waals surface area (Å²) in [6.45, 7) is 0. The molecule has 0 saturated heterocycles. The van der Waals surface area contributed by atoms with E-state index in [-0.39, 0.29) is 0 Å². The van der Waals surface area contributed by atoms with Crippen LogP contribution in [0.5, 0.6) is 0 Å². The third-order valence-electron chi connectivity index (χ3n) is 9.83. The summed E-state index contributed by atoms with van der Waals surface area (Å²) in [5.74, 6) is 0. The first-order chi connectivity index (χ1) is 24.3. The highest BCUT2D eigenvalue weighted by molar-refractivity contribution is 6.24. The van der Waals surface area contributed by atoms with Crippen LogP contribution >= 0.6 is 0 Å². The Morgan fingerprint density at radius 1 is 0.347 bits per heavy atom. The zero-order valence-corrected chi connectivity index (χ0v) is 26.6. The molecule has 228 valence electrons. The predicted octanol–water partition coefficient (Wildman–Crippen LogP) is 12.0. The van der Waals surface area contributed by atoms with E-state index in [0.717, 1.165) is 38.8 Å². The minimum Gasteiger partial charge on any atom is -0.309 e. The smallest absolute Gasteiger partial charge is 0.0979 e. The van der Waals surface area contributed by atoms with Crippen LogP contribution in [0.3, 0.4) is 0 Å². The molecule has 0 fully saturated rings. The summed E-state index contributed by atoms with van der Waals surface area (Å²) in [6.07, 6.45) is 1.92. The van der Waals surface area contributed by atoms with Gasteiger partial charge in [0, 0.05) is 32.8 Å². The van der Waals surface area contributed by atoms with Crippen molar-refractivity contribution < 1.29 is 0 Å². The number of fused-ring (bicyclic) bond motifs is 9. The Kier molecular flexibility index (Phi) is 6.18. The summed E-state index contributed by atoms with van der Waals surface area (Å²) in [7, 11) is 0. The molecular formula is C46H29N3. The van der Waals surface area contributed by atoms with Crippen LogP contribution in [0.1, 0.15) is 0 Å². The lowest BCUT2D eigenvalue weighted by Crippen LogP contribution is -1.95. The Hall–Kier alpha value is -6.58. The van der Waals surface area contributed by atoms with E-state index in [1.54, 1.807) is 0 Å². The molecule has 2 aromatic heterocycles. The first-order valence-electron chi connectivity index (χ1n) is 16.7. The number of rotatable bonds is 4. The van der Waals surface area contributed by atoms with Crippen molar-refractivity contribution >= 4 is 54.4 Å². The van der Waals surface area contributed by atoms with Crippen LogP contribution in [-0.2, 0) is 0 Å². The standard InChI is InChI=1S/C46H29N3/c1-3-11-30(12-4-1)33-21-25-38-40(27-33)41-28-34(31-13-5-2-6-14-31)22-26-39(41)46-45(38)47-29-42(48-46)32-19-23-35(24-20-32)49-43-17-9-7-15-36(43)37-16-8-10-18-44(37)49/h1-29H. The maximum absolute atomic E-state index is 5.33. The molecule has 0 atom stereocenters. The van der Waals surface area contributed by atoms with Gasteiger partial charge in [0.05, 0.1) is 34.0 Å². The summed E-state index contributed by atoms with van der Waals surface area (Å²) < 4.78 is 2.34. The van der Waals surface area contributed by atoms with E-state index in [0.29, 0.717) is 0 Å². The molecule has 0 aliphatic rings. The maximum Gasteiger partial charge on any atom is 0.0979 e. The van der Waals surface area contributed by atoms with Crippen LogP contribution in [0.15, 0.2) is 176 Å². The Labute approximate surface area is 283 Å². The van der Waals surface area contributed by atoms with E-state index in [9.17, 15) is 0 Å². The largest absolute Gasteiger partial charge is 0.309 e. The molecule has 0 N–H and O–H groups in total. The summed E-state index contributed by atoms with van der Waals surface area (Å²) >= 11 is 0. The van der Waals surface area contributed by atoms with Gasteiger partial charge in [-0.3, -0.25) is 4.98 Å². The molecule has 0 saturated carbocycles. The van der Waals surface area contributed by atoms with Gasteiger partial charge in [-0.15, -0.1) is 0 Å². The van der Waals surface area contributed by atoms with E-state index < -0.39 is 0 Å². The second-order valence-corrected chi connectivity index (χ2v) is 12.6. The van der Waals surface area contributed by atoms with Gasteiger partial charge in [0.2, 0.25) is 0 Å². The zero-order valence-electron chi connectivity index (χ0n) is 26.6. The summed E-state index contributed by atoms with van der Waals surface area (Å²) in [6, 6.07) is 60.6. The minimum absolute atomic E-state index is 0.856. The van der Waals surface area contributed by atoms with E-state index in [2.05, 4.69) is 174 Å². The highest BCUT2D eigenvalue weighted by Gasteiger charge is 2.16. The summed E-state index contributed by atoms with van der Waals surface area (Å²) in [5.41, 5.74) is 12.0. The second-order valence-electron chi connectivity index (χ2n) is 12.6. The number of hydrogen-bond acceptors (Lipinski definition) is 2. The van der Waals surface area contributed by atoms with Gasteiger partial charge in [-0.1, -0.05) is 133 Å². The topological polar surface area (TPSA) is 30.7 Å². The van der Waals surface area contributed by atoms with Crippen molar-refractivity contribution in [2.24, 2.45) is 0 Å². The molecular weight excluding hydrogens is 595 g/mol. The van der Waals surface area contributed by atoms with Crippen LogP contribution in [0, 0.1) is 0 Å². The van der Waals surface area contributed by atoms with Gasteiger partial charge in [-0.2, -0.15) is 0 Å². The van der Waals surface area contributed by atoms with Crippen molar-refractivity contribution in [2.75, 3.05) is 0 Å². The Balaban J connectivity index is 1.15. The summed E-state index contributed by atoms with van der Waals surface area (Å²) in [4.78, 5) is 10.4. The lowest BCUT2D eigenvalue weighted by molar-refractivity contribution is 1.18. The van der Waals surface area contributed by atoms with Crippen molar-refractivity contribution in [3.63, 3.8) is 0 Å². The van der Waals surface area contributed by atoms with Crippen molar-refractivity contribution in [2.45, 2.75) is 0 Å². The van der Waals surface area contributed by atoms with E-state index in [1.165, 1.54) is 54.8 Å². The Morgan fingerprint density at radius 3 is 1.41 bits per heavy atom. The van der Waals surface area contributed by atoms with Gasteiger partial charge in [0.25, 0.3) is 0 Å². The number of hydrogen-bond donors (Lipinski definition) is 0. The number of para-hydroxylation sites is 2. The second kappa shape index (κ2) is 11.0. The van der Waals surface area contributed by atoms with E-state index in [1.807, 2.05) is 6.20 Å². The van der Waals surface area contributed by atoms with Crippen LogP contribution in [0.25, 0.3) is 93.6 Å². The van der Waals surface area contributed by atoms with Gasteiger partial charge >= 0.3 is 0 Å². The molecule has 3 heteroatoms. The zero-order chi connectivity index (χ0) is 32.3. The minimum atomic E-state index is 0.856. The average molecular weight is 624 g/mol. The predicted molar refractivity (Wildman–Crippen MR) is 205 cm³/mol. The molecule has 3 nitrogen and oxygen atoms in total. The highest BCUT2D eigenvalue weighted by atomic mass is 15.0. The molecule has 0 bridgehead atoms. The normalized spacial score (nSPS) is 11.7. The summed E-state index contributed by atoms with van der Waals surface area (Å²) in [5, 5.41) is 7.08. The molecule has 2 heterocycles. The Bertz CT molecular complexity index is 2800. The third-order valence-corrected chi connectivity index (χ3v) is 9.83. The lowest BCUT2D eigenvalue weighted by atomic mass is 9.93.